The molecule has 0 fully saturated rings. The lowest BCUT2D eigenvalue weighted by molar-refractivity contribution is -0.116. The molecule has 5 heteroatoms. The molecule has 0 unspecified atom stereocenters. The van der Waals surface area contributed by atoms with Gasteiger partial charge in [0.2, 0.25) is 11.8 Å². The molecular weight excluding hydrogens is 312 g/mol. The summed E-state index contributed by atoms with van der Waals surface area (Å²) in [6, 6.07) is 12.9. The molecule has 1 aromatic heterocycles. The van der Waals surface area contributed by atoms with Crippen molar-refractivity contribution in [2.24, 2.45) is 0 Å². The van der Waals surface area contributed by atoms with Gasteiger partial charge in [-0.25, -0.2) is 4.98 Å². The average molecular weight is 329 g/mol. The number of hydrogen-bond donors (Lipinski definition) is 1. The molecule has 23 heavy (non-hydrogen) atoms. The van der Waals surface area contributed by atoms with Gasteiger partial charge in [0.05, 0.1) is 10.7 Å². The van der Waals surface area contributed by atoms with E-state index in [2.05, 4.69) is 10.3 Å². The molecule has 0 radical (unpaired) electrons. The summed E-state index contributed by atoms with van der Waals surface area (Å²) < 4.78 is 5.75. The van der Waals surface area contributed by atoms with Crippen LogP contribution in [0.25, 0.3) is 22.6 Å². The van der Waals surface area contributed by atoms with E-state index in [1.54, 1.807) is 12.1 Å². The van der Waals surface area contributed by atoms with Gasteiger partial charge < -0.3 is 9.73 Å². The highest BCUT2D eigenvalue weighted by Gasteiger charge is 2.11. The highest BCUT2D eigenvalue weighted by atomic mass is 35.5. The zero-order valence-corrected chi connectivity index (χ0v) is 13.6. The number of hydrogen-bond acceptors (Lipinski definition) is 3. The third-order valence-corrected chi connectivity index (χ3v) is 3.87. The number of amides is 1. The van der Waals surface area contributed by atoms with Crippen LogP contribution in [0.5, 0.6) is 0 Å². The number of carbonyl (C=O) groups is 1. The summed E-state index contributed by atoms with van der Waals surface area (Å²) in [6.07, 6.45) is 2.32. The third-order valence-electron chi connectivity index (χ3n) is 3.54. The molecule has 0 aliphatic carbocycles. The van der Waals surface area contributed by atoms with Crippen LogP contribution in [0.4, 0.5) is 5.69 Å². The largest absolute Gasteiger partial charge is 0.436 e. The number of oxazole rings is 1. The number of rotatable bonds is 5. The number of nitrogens with one attached hydrogen (secondary N) is 1. The van der Waals surface area contributed by atoms with Gasteiger partial charge in [0.1, 0.15) is 5.52 Å². The van der Waals surface area contributed by atoms with Crippen LogP contribution in [-0.4, -0.2) is 10.9 Å². The highest BCUT2D eigenvalue weighted by Crippen LogP contribution is 2.30. The van der Waals surface area contributed by atoms with Crippen LogP contribution in [0.2, 0.25) is 5.02 Å². The molecule has 0 saturated heterocycles. The van der Waals surface area contributed by atoms with Crippen LogP contribution in [0.1, 0.15) is 26.2 Å². The average Bonchev–Trinajstić information content (AvgIpc) is 2.99. The van der Waals surface area contributed by atoms with Crippen molar-refractivity contribution in [1.82, 2.24) is 4.98 Å². The first-order valence-corrected chi connectivity index (χ1v) is 8.00. The maximum atomic E-state index is 11.9. The molecule has 1 heterocycles. The fourth-order valence-corrected chi connectivity index (χ4v) is 2.46. The lowest BCUT2D eigenvalue weighted by Gasteiger charge is -2.08. The molecule has 0 spiro atoms. The van der Waals surface area contributed by atoms with E-state index in [0.29, 0.717) is 23.0 Å². The monoisotopic (exact) mass is 328 g/mol. The van der Waals surface area contributed by atoms with Gasteiger partial charge in [-0.2, -0.15) is 0 Å². The number of benzene rings is 2. The maximum Gasteiger partial charge on any atom is 0.227 e. The molecule has 1 N–H and O–H groups in total. The Hall–Kier alpha value is -2.33. The molecule has 1 amide bonds. The molecule has 4 nitrogen and oxygen atoms in total. The second kappa shape index (κ2) is 6.84. The van der Waals surface area contributed by atoms with Crippen LogP contribution in [0.15, 0.2) is 46.9 Å². The minimum Gasteiger partial charge on any atom is -0.436 e. The van der Waals surface area contributed by atoms with E-state index in [9.17, 15) is 4.79 Å². The molecule has 2 aromatic carbocycles. The third kappa shape index (κ3) is 3.54. The Morgan fingerprint density at radius 3 is 2.87 bits per heavy atom. The second-order valence-corrected chi connectivity index (χ2v) is 5.74. The number of anilines is 1. The topological polar surface area (TPSA) is 55.1 Å². The first-order chi connectivity index (χ1) is 11.2. The van der Waals surface area contributed by atoms with E-state index in [4.69, 9.17) is 16.0 Å². The van der Waals surface area contributed by atoms with Crippen molar-refractivity contribution in [3.63, 3.8) is 0 Å². The number of nitrogens with zero attached hydrogens (tertiary/aromatic N) is 1. The van der Waals surface area contributed by atoms with E-state index in [1.165, 1.54) is 0 Å². The molecule has 118 valence electrons. The molecule has 0 saturated carbocycles. The minimum absolute atomic E-state index is 0.0385. The van der Waals surface area contributed by atoms with Crippen LogP contribution in [0, 0.1) is 0 Å². The summed E-state index contributed by atoms with van der Waals surface area (Å²) in [7, 11) is 0. The second-order valence-electron chi connectivity index (χ2n) is 5.33. The van der Waals surface area contributed by atoms with Gasteiger partial charge in [0.25, 0.3) is 0 Å². The van der Waals surface area contributed by atoms with Crippen molar-refractivity contribution in [3.05, 3.63) is 47.5 Å². The van der Waals surface area contributed by atoms with Gasteiger partial charge in [-0.1, -0.05) is 37.1 Å². The Bertz CT molecular complexity index is 809. The summed E-state index contributed by atoms with van der Waals surface area (Å²) in [5.74, 6) is 0.468. The zero-order valence-electron chi connectivity index (χ0n) is 12.8. The lowest BCUT2D eigenvalue weighted by atomic mass is 10.2. The first kappa shape index (κ1) is 15.6. The Kier molecular flexibility index (Phi) is 4.63. The van der Waals surface area contributed by atoms with Crippen molar-refractivity contribution in [2.75, 3.05) is 5.32 Å². The van der Waals surface area contributed by atoms with Crippen molar-refractivity contribution in [2.45, 2.75) is 26.2 Å². The summed E-state index contributed by atoms with van der Waals surface area (Å²) in [6.45, 7) is 2.05. The number of unbranched alkanes of at least 4 members (excludes halogenated alkanes) is 1. The normalized spacial score (nSPS) is 10.9. The zero-order chi connectivity index (χ0) is 16.2. The standard InChI is InChI=1S/C18H17ClN2O2/c1-2-3-8-17(22)20-15-11-12(9-10-13(15)19)18-21-14-6-4-5-7-16(14)23-18/h4-7,9-11H,2-3,8H2,1H3,(H,20,22). The smallest absolute Gasteiger partial charge is 0.227 e. The fourth-order valence-electron chi connectivity index (χ4n) is 2.30. The highest BCUT2D eigenvalue weighted by molar-refractivity contribution is 6.33. The quantitative estimate of drug-likeness (QED) is 0.693. The molecule has 3 aromatic rings. The molecule has 0 aliphatic rings. The summed E-state index contributed by atoms with van der Waals surface area (Å²) >= 11 is 6.17. The Balaban J connectivity index is 1.88. The SMILES string of the molecule is CCCCC(=O)Nc1cc(-c2nc3ccccc3o2)ccc1Cl. The van der Waals surface area contributed by atoms with E-state index >= 15 is 0 Å². The Morgan fingerprint density at radius 2 is 2.09 bits per heavy atom. The summed E-state index contributed by atoms with van der Waals surface area (Å²) in [5, 5.41) is 3.34. The van der Waals surface area contributed by atoms with Gasteiger partial charge in [-0.3, -0.25) is 4.79 Å². The van der Waals surface area contributed by atoms with Crippen LogP contribution in [-0.2, 0) is 4.79 Å². The van der Waals surface area contributed by atoms with E-state index in [-0.39, 0.29) is 5.91 Å². The van der Waals surface area contributed by atoms with Gasteiger partial charge >= 0.3 is 0 Å². The molecular formula is C18H17ClN2O2. The van der Waals surface area contributed by atoms with Crippen molar-refractivity contribution >= 4 is 34.3 Å². The number of fused-ring (bicyclic) bond motifs is 1. The van der Waals surface area contributed by atoms with Crippen LogP contribution >= 0.6 is 11.6 Å². The summed E-state index contributed by atoms with van der Waals surface area (Å²) in [4.78, 5) is 16.4. The first-order valence-electron chi connectivity index (χ1n) is 7.62. The maximum absolute atomic E-state index is 11.9. The number of aromatic nitrogens is 1. The van der Waals surface area contributed by atoms with Gasteiger partial charge in [0, 0.05) is 12.0 Å². The van der Waals surface area contributed by atoms with E-state index in [1.807, 2.05) is 37.3 Å². The number of carbonyl (C=O) groups excluding carboxylic acids is 1. The van der Waals surface area contributed by atoms with Crippen LogP contribution < -0.4 is 5.32 Å². The van der Waals surface area contributed by atoms with Gasteiger partial charge in [-0.05, 0) is 36.8 Å². The lowest BCUT2D eigenvalue weighted by Crippen LogP contribution is -2.11. The van der Waals surface area contributed by atoms with Crippen molar-refractivity contribution in [3.8, 4) is 11.5 Å². The van der Waals surface area contributed by atoms with Gasteiger partial charge in [0.15, 0.2) is 5.58 Å². The van der Waals surface area contributed by atoms with E-state index in [0.717, 1.165) is 29.5 Å². The number of para-hydroxylation sites is 2. The summed E-state index contributed by atoms with van der Waals surface area (Å²) in [5.41, 5.74) is 2.88. The predicted octanol–water partition coefficient (Wildman–Crippen LogP) is 5.28. The Labute approximate surface area is 139 Å². The number of halogens is 1. The fraction of sp³-hybridized carbons (Fsp3) is 0.222. The minimum atomic E-state index is -0.0385. The molecule has 0 bridgehead atoms. The molecule has 3 rings (SSSR count). The molecule has 0 atom stereocenters. The Morgan fingerprint density at radius 1 is 1.26 bits per heavy atom. The predicted molar refractivity (Wildman–Crippen MR) is 92.6 cm³/mol. The van der Waals surface area contributed by atoms with Gasteiger partial charge in [-0.15, -0.1) is 0 Å². The van der Waals surface area contributed by atoms with Crippen molar-refractivity contribution in [1.29, 1.82) is 0 Å². The van der Waals surface area contributed by atoms with Crippen LogP contribution in [0.3, 0.4) is 0 Å². The molecule has 0 aliphatic heterocycles. The van der Waals surface area contributed by atoms with E-state index < -0.39 is 0 Å². The van der Waals surface area contributed by atoms with Crippen molar-refractivity contribution < 1.29 is 9.21 Å².